The lowest BCUT2D eigenvalue weighted by Gasteiger charge is -2.50. The molecule has 0 bridgehead atoms. The standard InChI is InChI=1S/C17H35N3/c1-6-14(2)19-10-12-20(13-11-19)15-8-7-9-17(3,4)16(15)18-5/h14-16,18H,6-13H2,1-5H3. The highest BCUT2D eigenvalue weighted by Gasteiger charge is 2.41. The molecule has 0 aromatic rings. The molecule has 1 N–H and O–H groups in total. The van der Waals surface area contributed by atoms with E-state index in [9.17, 15) is 0 Å². The third-order valence-electron chi connectivity index (χ3n) is 5.89. The van der Waals surface area contributed by atoms with Crippen molar-refractivity contribution in [2.75, 3.05) is 33.2 Å². The molecule has 3 atom stereocenters. The van der Waals surface area contributed by atoms with Gasteiger partial charge in [-0.15, -0.1) is 0 Å². The lowest BCUT2D eigenvalue weighted by Crippen LogP contribution is -2.62. The van der Waals surface area contributed by atoms with Gasteiger partial charge in [0.2, 0.25) is 0 Å². The van der Waals surface area contributed by atoms with E-state index in [1.165, 1.54) is 51.9 Å². The van der Waals surface area contributed by atoms with Gasteiger partial charge in [-0.05, 0) is 38.6 Å². The molecule has 0 spiro atoms. The van der Waals surface area contributed by atoms with Crippen molar-refractivity contribution in [3.8, 4) is 0 Å². The molecule has 3 nitrogen and oxygen atoms in total. The third kappa shape index (κ3) is 3.37. The van der Waals surface area contributed by atoms with E-state index in [0.29, 0.717) is 11.5 Å². The zero-order valence-electron chi connectivity index (χ0n) is 14.3. The first-order valence-corrected chi connectivity index (χ1v) is 8.65. The number of likely N-dealkylation sites (N-methyl/N-ethyl adjacent to an activating group) is 1. The van der Waals surface area contributed by atoms with Gasteiger partial charge in [0.25, 0.3) is 0 Å². The second-order valence-corrected chi connectivity index (χ2v) is 7.54. The molecule has 0 aromatic carbocycles. The minimum absolute atomic E-state index is 0.436. The van der Waals surface area contributed by atoms with Gasteiger partial charge in [-0.3, -0.25) is 9.80 Å². The average molecular weight is 281 g/mol. The van der Waals surface area contributed by atoms with Crippen LogP contribution in [0.15, 0.2) is 0 Å². The van der Waals surface area contributed by atoms with Crippen LogP contribution in [-0.2, 0) is 0 Å². The summed E-state index contributed by atoms with van der Waals surface area (Å²) in [6.45, 7) is 14.6. The van der Waals surface area contributed by atoms with Crippen LogP contribution < -0.4 is 5.32 Å². The van der Waals surface area contributed by atoms with Gasteiger partial charge in [0.1, 0.15) is 0 Å². The third-order valence-corrected chi connectivity index (χ3v) is 5.89. The zero-order valence-corrected chi connectivity index (χ0v) is 14.3. The van der Waals surface area contributed by atoms with Crippen molar-refractivity contribution in [3.05, 3.63) is 0 Å². The largest absolute Gasteiger partial charge is 0.315 e. The molecular formula is C17H35N3. The van der Waals surface area contributed by atoms with Gasteiger partial charge in [-0.2, -0.15) is 0 Å². The van der Waals surface area contributed by atoms with Crippen LogP contribution in [0.5, 0.6) is 0 Å². The Morgan fingerprint density at radius 1 is 1.20 bits per heavy atom. The van der Waals surface area contributed by atoms with E-state index >= 15 is 0 Å². The second-order valence-electron chi connectivity index (χ2n) is 7.54. The summed E-state index contributed by atoms with van der Waals surface area (Å²) in [5, 5.41) is 3.63. The quantitative estimate of drug-likeness (QED) is 0.854. The molecule has 1 saturated carbocycles. The summed E-state index contributed by atoms with van der Waals surface area (Å²) in [4.78, 5) is 5.43. The summed E-state index contributed by atoms with van der Waals surface area (Å²) in [5.74, 6) is 0. The van der Waals surface area contributed by atoms with Crippen LogP contribution >= 0.6 is 0 Å². The summed E-state index contributed by atoms with van der Waals surface area (Å²) in [6, 6.07) is 2.13. The van der Waals surface area contributed by atoms with E-state index in [1.54, 1.807) is 0 Å². The van der Waals surface area contributed by atoms with Gasteiger partial charge in [0.15, 0.2) is 0 Å². The molecule has 1 saturated heterocycles. The molecule has 20 heavy (non-hydrogen) atoms. The number of nitrogens with zero attached hydrogens (tertiary/aromatic N) is 2. The Kier molecular flexibility index (Phi) is 5.49. The SMILES string of the molecule is CCC(C)N1CCN(C2CCCC(C)(C)C2NC)CC1. The van der Waals surface area contributed by atoms with Gasteiger partial charge in [-0.1, -0.05) is 27.2 Å². The molecule has 0 amide bonds. The smallest absolute Gasteiger partial charge is 0.0271 e. The highest BCUT2D eigenvalue weighted by Crippen LogP contribution is 2.37. The molecule has 2 fully saturated rings. The molecule has 3 heteroatoms. The van der Waals surface area contributed by atoms with E-state index in [-0.39, 0.29) is 0 Å². The summed E-state index contributed by atoms with van der Waals surface area (Å²) < 4.78 is 0. The highest BCUT2D eigenvalue weighted by molar-refractivity contribution is 4.98. The van der Waals surface area contributed by atoms with Crippen LogP contribution in [0.1, 0.15) is 53.4 Å². The minimum atomic E-state index is 0.436. The molecule has 0 aromatic heterocycles. The van der Waals surface area contributed by atoms with Crippen molar-refractivity contribution in [1.82, 2.24) is 15.1 Å². The number of nitrogens with one attached hydrogen (secondary N) is 1. The van der Waals surface area contributed by atoms with Crippen molar-refractivity contribution in [3.63, 3.8) is 0 Å². The van der Waals surface area contributed by atoms with Crippen molar-refractivity contribution in [2.45, 2.75) is 71.5 Å². The second kappa shape index (κ2) is 6.76. The van der Waals surface area contributed by atoms with Crippen molar-refractivity contribution >= 4 is 0 Å². The monoisotopic (exact) mass is 281 g/mol. The average Bonchev–Trinajstić information content (AvgIpc) is 2.45. The summed E-state index contributed by atoms with van der Waals surface area (Å²) in [5.41, 5.74) is 0.436. The van der Waals surface area contributed by atoms with Crippen LogP contribution in [0.4, 0.5) is 0 Å². The molecule has 1 aliphatic heterocycles. The van der Waals surface area contributed by atoms with Crippen LogP contribution in [0.25, 0.3) is 0 Å². The maximum atomic E-state index is 3.63. The maximum absolute atomic E-state index is 3.63. The topological polar surface area (TPSA) is 18.5 Å². The molecule has 1 heterocycles. The Morgan fingerprint density at radius 2 is 1.85 bits per heavy atom. The predicted octanol–water partition coefficient (Wildman–Crippen LogP) is 2.57. The molecule has 0 radical (unpaired) electrons. The lowest BCUT2D eigenvalue weighted by molar-refractivity contribution is 0.0123. The Balaban J connectivity index is 1.95. The van der Waals surface area contributed by atoms with Crippen molar-refractivity contribution < 1.29 is 0 Å². The first-order chi connectivity index (χ1) is 9.49. The Labute approximate surface area is 126 Å². The zero-order chi connectivity index (χ0) is 14.8. The minimum Gasteiger partial charge on any atom is -0.315 e. The predicted molar refractivity (Wildman–Crippen MR) is 87.2 cm³/mol. The summed E-state index contributed by atoms with van der Waals surface area (Å²) >= 11 is 0. The number of rotatable bonds is 4. The van der Waals surface area contributed by atoms with Gasteiger partial charge < -0.3 is 5.32 Å². The normalized spacial score (nSPS) is 34.0. The van der Waals surface area contributed by atoms with E-state index in [2.05, 4.69) is 49.9 Å². The van der Waals surface area contributed by atoms with Crippen molar-refractivity contribution in [2.24, 2.45) is 5.41 Å². The van der Waals surface area contributed by atoms with E-state index < -0.39 is 0 Å². The van der Waals surface area contributed by atoms with Crippen LogP contribution in [0, 0.1) is 5.41 Å². The van der Waals surface area contributed by atoms with Gasteiger partial charge in [0, 0.05) is 44.3 Å². The fourth-order valence-corrected chi connectivity index (χ4v) is 4.35. The summed E-state index contributed by atoms with van der Waals surface area (Å²) in [6.07, 6.45) is 5.40. The molecular weight excluding hydrogens is 246 g/mol. The van der Waals surface area contributed by atoms with E-state index in [1.807, 2.05) is 0 Å². The molecule has 118 valence electrons. The molecule has 3 unspecified atom stereocenters. The first kappa shape index (κ1) is 16.3. The number of hydrogen-bond donors (Lipinski definition) is 1. The number of hydrogen-bond acceptors (Lipinski definition) is 3. The number of piperazine rings is 1. The van der Waals surface area contributed by atoms with E-state index in [4.69, 9.17) is 0 Å². The van der Waals surface area contributed by atoms with Gasteiger partial charge in [0.05, 0.1) is 0 Å². The van der Waals surface area contributed by atoms with Gasteiger partial charge >= 0.3 is 0 Å². The molecule has 2 rings (SSSR count). The van der Waals surface area contributed by atoms with E-state index in [0.717, 1.165) is 12.1 Å². The Morgan fingerprint density at radius 3 is 2.40 bits per heavy atom. The lowest BCUT2D eigenvalue weighted by atomic mass is 9.70. The van der Waals surface area contributed by atoms with Crippen molar-refractivity contribution in [1.29, 1.82) is 0 Å². The van der Waals surface area contributed by atoms with Crippen LogP contribution in [0.2, 0.25) is 0 Å². The fraction of sp³-hybridized carbons (Fsp3) is 1.00. The van der Waals surface area contributed by atoms with Gasteiger partial charge in [-0.25, -0.2) is 0 Å². The summed E-state index contributed by atoms with van der Waals surface area (Å²) in [7, 11) is 2.15. The van der Waals surface area contributed by atoms with Crippen LogP contribution in [0.3, 0.4) is 0 Å². The highest BCUT2D eigenvalue weighted by atomic mass is 15.3. The molecule has 2 aliphatic rings. The molecule has 1 aliphatic carbocycles. The maximum Gasteiger partial charge on any atom is 0.0271 e. The van der Waals surface area contributed by atoms with Crippen LogP contribution in [-0.4, -0.2) is 61.2 Å². The fourth-order valence-electron chi connectivity index (χ4n) is 4.35. The first-order valence-electron chi connectivity index (χ1n) is 8.65. The Bertz CT molecular complexity index is 295. The Hall–Kier alpha value is -0.120.